The van der Waals surface area contributed by atoms with Gasteiger partial charge in [-0.1, -0.05) is 0 Å². The van der Waals surface area contributed by atoms with Gasteiger partial charge in [-0.2, -0.15) is 0 Å². The number of rotatable bonds is 7. The molecule has 0 bridgehead atoms. The van der Waals surface area contributed by atoms with Crippen molar-refractivity contribution in [1.82, 2.24) is 10.2 Å². The molecular weight excluding hydrogens is 301 g/mol. The van der Waals surface area contributed by atoms with E-state index in [0.29, 0.717) is 10.9 Å². The van der Waals surface area contributed by atoms with Crippen LogP contribution in [-0.4, -0.2) is 85.7 Å². The number of hydrogen-bond acceptors (Lipinski definition) is 5. The summed E-state index contributed by atoms with van der Waals surface area (Å²) in [5, 5.41) is 12.0. The molecule has 10 heteroatoms. The predicted octanol–water partition coefficient (Wildman–Crippen LogP) is -1.73. The normalized spacial score (nSPS) is 11.6. The summed E-state index contributed by atoms with van der Waals surface area (Å²) < 4.78 is 10.8. The lowest BCUT2D eigenvalue weighted by Crippen LogP contribution is -2.45. The maximum absolute atomic E-state index is 10.6. The molecule has 3 N–H and O–H groups in total. The van der Waals surface area contributed by atoms with E-state index in [0.717, 1.165) is 6.54 Å². The van der Waals surface area contributed by atoms with Gasteiger partial charge in [0.1, 0.15) is 6.54 Å². The zero-order chi connectivity index (χ0) is 17.3. The molecule has 0 aromatic rings. The predicted molar refractivity (Wildman–Crippen MR) is 76.5 cm³/mol. The minimum absolute atomic E-state index is 0.0694. The number of hydrogen-bond donors (Lipinski definition) is 3. The second-order valence-electron chi connectivity index (χ2n) is 5.75. The van der Waals surface area contributed by atoms with Crippen molar-refractivity contribution < 1.29 is 33.5 Å². The van der Waals surface area contributed by atoms with Crippen LogP contribution in [0.2, 0.25) is 0 Å². The highest BCUT2D eigenvalue weighted by Gasteiger charge is 2.24. The van der Waals surface area contributed by atoms with E-state index in [4.69, 9.17) is 9.79 Å². The van der Waals surface area contributed by atoms with Crippen LogP contribution in [0.15, 0.2) is 0 Å². The highest BCUT2D eigenvalue weighted by molar-refractivity contribution is 7.69. The van der Waals surface area contributed by atoms with Gasteiger partial charge >= 0.3 is 13.2 Å². The molecule has 0 unspecified atom stereocenters. The summed E-state index contributed by atoms with van der Waals surface area (Å²) in [6.07, 6.45) is 0.665. The highest BCUT2D eigenvalue weighted by Crippen LogP contribution is 2.34. The van der Waals surface area contributed by atoms with Crippen LogP contribution in [0.25, 0.3) is 0 Å². The molecule has 0 aliphatic heterocycles. The topological polar surface area (TPSA) is 130 Å². The summed E-state index contributed by atoms with van der Waals surface area (Å²) in [7, 11) is 4.58. The number of quaternary nitrogens is 1. The number of aliphatic carboxylic acids is 1. The van der Waals surface area contributed by atoms with E-state index in [-0.39, 0.29) is 13.1 Å². The molecule has 0 saturated heterocycles. The average Bonchev–Trinajstić information content (AvgIpc) is 2.19. The Labute approximate surface area is 125 Å². The lowest BCUT2D eigenvalue weighted by atomic mass is 10.4. The van der Waals surface area contributed by atoms with Crippen molar-refractivity contribution in [2.75, 3.05) is 54.9 Å². The van der Waals surface area contributed by atoms with Crippen LogP contribution < -0.4 is 10.4 Å². The van der Waals surface area contributed by atoms with E-state index in [1.807, 2.05) is 19.0 Å². The first-order valence-corrected chi connectivity index (χ1v) is 7.86. The second kappa shape index (κ2) is 9.86. The largest absolute Gasteiger partial charge is 0.544 e. The number of amides is 1. The third-order valence-corrected chi connectivity index (χ3v) is 2.61. The maximum Gasteiger partial charge on any atom is 0.413 e. The first kappa shape index (κ1) is 22.3. The van der Waals surface area contributed by atoms with Gasteiger partial charge in [0.15, 0.2) is 0 Å². The molecule has 0 fully saturated rings. The lowest BCUT2D eigenvalue weighted by Gasteiger charge is -2.23. The number of carbonyl (C=O) groups is 2. The Morgan fingerprint density at radius 3 is 1.95 bits per heavy atom. The molecule has 0 spiro atoms. The number of carboxylic acid groups (broad SMARTS) is 1. The standard InChI is InChI=1S/C6H15N2O4P.C5H11NO2/c1-8(2)5-3-4-7-6(9)13(10,11)12;1-6(2,3)4-5(7)8/h3-5H2,1-2H3,(H,7,9)(H2,10,11,12);4H2,1-3H3. The third-order valence-electron chi connectivity index (χ3n) is 1.93. The van der Waals surface area contributed by atoms with E-state index in [2.05, 4.69) is 5.32 Å². The molecule has 0 aromatic carbocycles. The minimum Gasteiger partial charge on any atom is -0.544 e. The number of nitrogens with one attached hydrogen (secondary N) is 1. The number of carboxylic acids is 1. The first-order chi connectivity index (χ1) is 9.25. The van der Waals surface area contributed by atoms with Crippen molar-refractivity contribution in [1.29, 1.82) is 0 Å². The van der Waals surface area contributed by atoms with Crippen molar-refractivity contribution in [3.63, 3.8) is 0 Å². The van der Waals surface area contributed by atoms with Gasteiger partial charge in [0.2, 0.25) is 0 Å². The quantitative estimate of drug-likeness (QED) is 0.288. The fraction of sp³-hybridized carbons (Fsp3) is 0.818. The zero-order valence-electron chi connectivity index (χ0n) is 13.2. The van der Waals surface area contributed by atoms with Gasteiger partial charge in [-0.25, -0.2) is 4.57 Å². The van der Waals surface area contributed by atoms with Crippen LogP contribution in [0.1, 0.15) is 6.42 Å². The first-order valence-electron chi connectivity index (χ1n) is 6.24. The zero-order valence-corrected chi connectivity index (χ0v) is 14.1. The van der Waals surface area contributed by atoms with Gasteiger partial charge < -0.3 is 34.4 Å². The molecule has 0 heterocycles. The molecule has 0 saturated carbocycles. The summed E-state index contributed by atoms with van der Waals surface area (Å²) in [5.41, 5.74) is -1.20. The second-order valence-corrected chi connectivity index (χ2v) is 7.25. The SMILES string of the molecule is CN(C)CCCNC(=O)P(=O)(O)O.C[N+](C)(C)CC(=O)[O-]. The van der Waals surface area contributed by atoms with E-state index >= 15 is 0 Å². The van der Waals surface area contributed by atoms with Crippen LogP contribution in [0.3, 0.4) is 0 Å². The number of likely N-dealkylation sites (N-methyl/N-ethyl adjacent to an activating group) is 1. The molecule has 0 atom stereocenters. The summed E-state index contributed by atoms with van der Waals surface area (Å²) in [6.45, 7) is 1.11. The van der Waals surface area contributed by atoms with Crippen LogP contribution >= 0.6 is 7.60 Å². The summed E-state index contributed by atoms with van der Waals surface area (Å²) >= 11 is 0. The molecule has 126 valence electrons. The molecular formula is C11H26N3O6P. The van der Waals surface area contributed by atoms with Crippen molar-refractivity contribution >= 4 is 19.2 Å². The molecule has 9 nitrogen and oxygen atoms in total. The Hall–Kier alpha value is -0.990. The van der Waals surface area contributed by atoms with E-state index in [1.54, 1.807) is 21.1 Å². The number of nitrogens with zero attached hydrogens (tertiary/aromatic N) is 2. The van der Waals surface area contributed by atoms with Gasteiger partial charge in [0.25, 0.3) is 0 Å². The van der Waals surface area contributed by atoms with Gasteiger partial charge in [-0.3, -0.25) is 4.79 Å². The minimum atomic E-state index is -4.58. The molecule has 0 rings (SSSR count). The number of carbonyl (C=O) groups excluding carboxylic acids is 2. The molecule has 1 amide bonds. The van der Waals surface area contributed by atoms with E-state index < -0.39 is 19.2 Å². The van der Waals surface area contributed by atoms with Crippen LogP contribution in [-0.2, 0) is 9.36 Å². The molecule has 0 radical (unpaired) electrons. The van der Waals surface area contributed by atoms with Crippen LogP contribution in [0.4, 0.5) is 4.79 Å². The fourth-order valence-corrected chi connectivity index (χ4v) is 1.40. The Balaban J connectivity index is 0. The summed E-state index contributed by atoms with van der Waals surface area (Å²) in [4.78, 5) is 39.2. The fourth-order valence-electron chi connectivity index (χ4n) is 1.08. The van der Waals surface area contributed by atoms with Gasteiger partial charge in [0, 0.05) is 6.54 Å². The van der Waals surface area contributed by atoms with Crippen molar-refractivity contribution in [3.05, 3.63) is 0 Å². The van der Waals surface area contributed by atoms with Gasteiger partial charge in [-0.05, 0) is 27.1 Å². The Bertz CT molecular complexity index is 375. The monoisotopic (exact) mass is 327 g/mol. The highest BCUT2D eigenvalue weighted by atomic mass is 31.2. The van der Waals surface area contributed by atoms with E-state index in [9.17, 15) is 19.3 Å². The van der Waals surface area contributed by atoms with Gasteiger partial charge in [0.05, 0.1) is 27.1 Å². The molecule has 0 aliphatic carbocycles. The van der Waals surface area contributed by atoms with Crippen molar-refractivity contribution in [2.45, 2.75) is 6.42 Å². The third kappa shape index (κ3) is 19.0. The van der Waals surface area contributed by atoms with Crippen molar-refractivity contribution in [3.8, 4) is 0 Å². The summed E-state index contributed by atoms with van der Waals surface area (Å²) in [5.74, 6) is -1.00. The molecule has 0 aliphatic rings. The smallest absolute Gasteiger partial charge is 0.413 e. The maximum atomic E-state index is 10.6. The van der Waals surface area contributed by atoms with E-state index in [1.165, 1.54) is 0 Å². The van der Waals surface area contributed by atoms with Crippen molar-refractivity contribution in [2.24, 2.45) is 0 Å². The Kier molecular flexibility index (Phi) is 10.5. The summed E-state index contributed by atoms with van der Waals surface area (Å²) in [6, 6.07) is 0. The Morgan fingerprint density at radius 1 is 1.24 bits per heavy atom. The average molecular weight is 327 g/mol. The Morgan fingerprint density at radius 2 is 1.71 bits per heavy atom. The van der Waals surface area contributed by atoms with Gasteiger partial charge in [-0.15, -0.1) is 0 Å². The molecule has 21 heavy (non-hydrogen) atoms. The van der Waals surface area contributed by atoms with Crippen LogP contribution in [0, 0.1) is 0 Å². The van der Waals surface area contributed by atoms with Crippen LogP contribution in [0.5, 0.6) is 0 Å². The lowest BCUT2D eigenvalue weighted by molar-refractivity contribution is -0.864. The molecule has 0 aromatic heterocycles.